The Hall–Kier alpha value is -4.38. The molecule has 2 aromatic heterocycles. The number of nitrogen functional groups attached to an aromatic ring is 1. The molecule has 2 heterocycles. The molecule has 2 aromatic carbocycles. The van der Waals surface area contributed by atoms with Gasteiger partial charge in [0.2, 0.25) is 0 Å². The predicted octanol–water partition coefficient (Wildman–Crippen LogP) is 7.19. The number of imidazole rings is 1. The number of nitrogens with one attached hydrogen (secondary N) is 1. The van der Waals surface area contributed by atoms with Crippen molar-refractivity contribution in [3.8, 4) is 18.1 Å². The Bertz CT molecular complexity index is 1840. The maximum atomic E-state index is 14.7. The number of benzene rings is 2. The summed E-state index contributed by atoms with van der Waals surface area (Å²) in [4.78, 5) is 25.0. The average molecular weight is 781 g/mol. The van der Waals surface area contributed by atoms with Gasteiger partial charge >= 0.3 is 19.8 Å². The zero-order valence-electron chi connectivity index (χ0n) is 31.8. The molecule has 0 spiro atoms. The largest absolute Gasteiger partial charge is 0.465 e. The summed E-state index contributed by atoms with van der Waals surface area (Å²) in [6.07, 6.45) is 17.4. The molecule has 0 aliphatic rings. The lowest BCUT2D eigenvalue weighted by Crippen LogP contribution is -2.49. The fraction of sp³-hybridized carbons (Fsp3) is 0.500. The first-order chi connectivity index (χ1) is 26.6. The Balaban J connectivity index is 1.46. The molecule has 4 atom stereocenters. The summed E-state index contributed by atoms with van der Waals surface area (Å²) in [6.45, 7) is 1.46. The number of aliphatic hydroxyl groups excluding tert-OH is 1. The summed E-state index contributed by atoms with van der Waals surface area (Å²) in [7, 11) is -3.24. The van der Waals surface area contributed by atoms with Crippen molar-refractivity contribution in [1.29, 1.82) is 0 Å². The molecule has 0 saturated heterocycles. The standard InChI is InChI=1S/C40H54FN6O7P/c1-4-6-7-8-9-10-11-12-13-14-21-26-52-38(49)33(27-31-22-17-15-18-23-31)46-55(50,54-32-24-19-16-20-25-32)53-29-40(5-2,51-3)34(48)28-47-30-43-35-36(42)44-39(41)45-37(35)47/h2,15-20,22-25,30,33-34,48H,4,6-14,21,26-29H2,1,3H3,(H,46,50)(H2,42,44,45)/t33-,34-,40+,55?/m0/s1. The van der Waals surface area contributed by atoms with Gasteiger partial charge in [-0.15, -0.1) is 6.42 Å². The molecule has 15 heteroatoms. The van der Waals surface area contributed by atoms with Crippen LogP contribution in [0.4, 0.5) is 10.2 Å². The molecule has 0 saturated carbocycles. The van der Waals surface area contributed by atoms with Crippen molar-refractivity contribution in [2.45, 2.75) is 108 Å². The van der Waals surface area contributed by atoms with E-state index < -0.39 is 44.1 Å². The Morgan fingerprint density at radius 1 is 1.00 bits per heavy atom. The lowest BCUT2D eigenvalue weighted by atomic mass is 9.98. The van der Waals surface area contributed by atoms with Gasteiger partial charge in [-0.1, -0.05) is 126 Å². The Morgan fingerprint density at radius 3 is 2.24 bits per heavy atom. The van der Waals surface area contributed by atoms with Gasteiger partial charge in [0.25, 0.3) is 0 Å². The molecule has 4 aromatic rings. The van der Waals surface area contributed by atoms with Gasteiger partial charge < -0.3 is 29.4 Å². The first-order valence-electron chi connectivity index (χ1n) is 18.9. The van der Waals surface area contributed by atoms with E-state index >= 15 is 0 Å². The number of terminal acetylenes is 1. The second-order valence-electron chi connectivity index (χ2n) is 13.5. The number of para-hydroxylation sites is 1. The van der Waals surface area contributed by atoms with E-state index in [1.165, 1.54) is 62.9 Å². The molecule has 0 fully saturated rings. The smallest absolute Gasteiger partial charge is 0.459 e. The number of aliphatic hydroxyl groups is 1. The van der Waals surface area contributed by atoms with E-state index in [2.05, 4.69) is 32.9 Å². The van der Waals surface area contributed by atoms with Crippen LogP contribution in [0.1, 0.15) is 83.1 Å². The van der Waals surface area contributed by atoms with Crippen LogP contribution in [0.2, 0.25) is 0 Å². The van der Waals surface area contributed by atoms with Gasteiger partial charge in [-0.05, 0) is 30.5 Å². The van der Waals surface area contributed by atoms with Crippen molar-refractivity contribution in [3.63, 3.8) is 0 Å². The highest BCUT2D eigenvalue weighted by atomic mass is 31.2. The van der Waals surface area contributed by atoms with Crippen LogP contribution in [-0.2, 0) is 36.3 Å². The molecule has 4 rings (SSSR count). The van der Waals surface area contributed by atoms with Crippen molar-refractivity contribution in [2.24, 2.45) is 0 Å². The summed E-state index contributed by atoms with van der Waals surface area (Å²) in [5.41, 5.74) is 4.78. The summed E-state index contributed by atoms with van der Waals surface area (Å²) < 4.78 is 53.2. The molecule has 298 valence electrons. The van der Waals surface area contributed by atoms with E-state index in [1.807, 2.05) is 30.3 Å². The van der Waals surface area contributed by atoms with Crippen LogP contribution in [0.3, 0.4) is 0 Å². The summed E-state index contributed by atoms with van der Waals surface area (Å²) in [5.74, 6) is 1.78. The third-order valence-corrected chi connectivity index (χ3v) is 10.8. The molecule has 0 bridgehead atoms. The van der Waals surface area contributed by atoms with Gasteiger partial charge in [0.05, 0.1) is 19.5 Å². The van der Waals surface area contributed by atoms with Crippen LogP contribution in [0.5, 0.6) is 5.75 Å². The first kappa shape index (κ1) is 43.3. The normalized spacial score (nSPS) is 14.7. The topological polar surface area (TPSA) is 173 Å². The zero-order chi connectivity index (χ0) is 39.5. The second-order valence-corrected chi connectivity index (χ2v) is 15.1. The highest BCUT2D eigenvalue weighted by Crippen LogP contribution is 2.46. The number of hydrogen-bond donors (Lipinski definition) is 3. The molecule has 55 heavy (non-hydrogen) atoms. The molecule has 0 amide bonds. The van der Waals surface area contributed by atoms with Gasteiger partial charge in [-0.25, -0.2) is 9.55 Å². The number of carbonyl (C=O) groups excluding carboxylic acids is 1. The maximum Gasteiger partial charge on any atom is 0.459 e. The monoisotopic (exact) mass is 780 g/mol. The minimum absolute atomic E-state index is 0.0159. The number of hydrogen-bond acceptors (Lipinski definition) is 11. The van der Waals surface area contributed by atoms with E-state index in [0.29, 0.717) is 6.42 Å². The molecule has 1 unspecified atom stereocenters. The molecule has 4 N–H and O–H groups in total. The second kappa shape index (κ2) is 22.2. The number of nitrogens with two attached hydrogens (primary N) is 1. The summed E-state index contributed by atoms with van der Waals surface area (Å²) >= 11 is 0. The van der Waals surface area contributed by atoms with Crippen molar-refractivity contribution in [2.75, 3.05) is 26.1 Å². The van der Waals surface area contributed by atoms with E-state index in [-0.39, 0.29) is 42.3 Å². The molecule has 0 radical (unpaired) electrons. The summed E-state index contributed by atoms with van der Waals surface area (Å²) in [5, 5.41) is 14.2. The minimum Gasteiger partial charge on any atom is -0.465 e. The number of carbonyl (C=O) groups is 1. The fourth-order valence-corrected chi connectivity index (χ4v) is 7.57. The van der Waals surface area contributed by atoms with Crippen LogP contribution in [0.25, 0.3) is 11.2 Å². The number of rotatable bonds is 26. The number of halogens is 1. The number of methoxy groups -OCH3 is 1. The van der Waals surface area contributed by atoms with Gasteiger partial charge in [0, 0.05) is 7.11 Å². The van der Waals surface area contributed by atoms with Crippen molar-refractivity contribution >= 4 is 30.7 Å². The highest BCUT2D eigenvalue weighted by Gasteiger charge is 2.43. The average Bonchev–Trinajstić information content (AvgIpc) is 3.58. The predicted molar refractivity (Wildman–Crippen MR) is 209 cm³/mol. The van der Waals surface area contributed by atoms with Crippen molar-refractivity contribution < 1.29 is 37.4 Å². The number of ether oxygens (including phenoxy) is 2. The summed E-state index contributed by atoms with van der Waals surface area (Å²) in [6, 6.07) is 16.3. The van der Waals surface area contributed by atoms with Gasteiger partial charge in [0.1, 0.15) is 30.0 Å². The van der Waals surface area contributed by atoms with Crippen LogP contribution >= 0.6 is 7.75 Å². The van der Waals surface area contributed by atoms with E-state index in [9.17, 15) is 18.9 Å². The quantitative estimate of drug-likeness (QED) is 0.0193. The third kappa shape index (κ3) is 13.4. The number of fused-ring (bicyclic) bond motifs is 1. The third-order valence-electron chi connectivity index (χ3n) is 9.27. The number of aromatic nitrogens is 4. The van der Waals surface area contributed by atoms with Crippen LogP contribution in [0.15, 0.2) is 67.0 Å². The Labute approximate surface area is 323 Å². The van der Waals surface area contributed by atoms with Crippen molar-refractivity contribution in [3.05, 3.63) is 78.6 Å². The van der Waals surface area contributed by atoms with Gasteiger partial charge in [0.15, 0.2) is 17.1 Å². The Kier molecular flexibility index (Phi) is 17.5. The molecular weight excluding hydrogens is 726 g/mol. The number of esters is 1. The fourth-order valence-electron chi connectivity index (χ4n) is 6.05. The van der Waals surface area contributed by atoms with Gasteiger partial charge in [-0.2, -0.15) is 19.4 Å². The number of unbranched alkanes of at least 4 members (excludes halogenated alkanes) is 10. The first-order valence-corrected chi connectivity index (χ1v) is 20.5. The highest BCUT2D eigenvalue weighted by molar-refractivity contribution is 7.52. The van der Waals surface area contributed by atoms with Gasteiger partial charge in [-0.3, -0.25) is 9.32 Å². The lowest BCUT2D eigenvalue weighted by Gasteiger charge is -2.33. The van der Waals surface area contributed by atoms with Crippen LogP contribution in [-0.4, -0.2) is 68.7 Å². The van der Waals surface area contributed by atoms with Crippen molar-refractivity contribution in [1.82, 2.24) is 24.6 Å². The minimum atomic E-state index is -4.49. The van der Waals surface area contributed by atoms with E-state index in [0.717, 1.165) is 24.8 Å². The van der Waals surface area contributed by atoms with E-state index in [1.54, 1.807) is 30.3 Å². The number of nitrogens with zero attached hydrogens (tertiary/aromatic N) is 4. The lowest BCUT2D eigenvalue weighted by molar-refractivity contribution is -0.146. The maximum absolute atomic E-state index is 14.7. The molecule has 0 aliphatic carbocycles. The van der Waals surface area contributed by atoms with Crippen LogP contribution in [0, 0.1) is 18.4 Å². The SMILES string of the molecule is C#C[C@](COP(=O)(N[C@@H](Cc1ccccc1)C(=O)OCCCCCCCCCCCCC)Oc1ccccc1)(OC)[C@@H](O)Cn1cnc2c(N)nc(F)nc21. The van der Waals surface area contributed by atoms with E-state index in [4.69, 9.17) is 30.7 Å². The molecular formula is C40H54FN6O7P. The Morgan fingerprint density at radius 2 is 1.62 bits per heavy atom. The molecule has 0 aliphatic heterocycles. The molecule has 13 nitrogen and oxygen atoms in total. The zero-order valence-corrected chi connectivity index (χ0v) is 32.7. The van der Waals surface area contributed by atoms with Crippen LogP contribution < -0.4 is 15.3 Å². The number of anilines is 1.